The third kappa shape index (κ3) is 3.73. The standard InChI is InChI=1S/C16H24N4S/c1-5-7-13-18-15(17)11(4)16(19-13)20-14(10(2)3)12-8-6-9-21-12/h6,8-10,14H,5,7H2,1-4H3,(H3,17,18,19,20). The van der Waals surface area contributed by atoms with E-state index in [4.69, 9.17) is 5.73 Å². The maximum atomic E-state index is 6.03. The van der Waals surface area contributed by atoms with Crippen LogP contribution >= 0.6 is 11.3 Å². The third-order valence-electron chi connectivity index (χ3n) is 3.51. The molecule has 2 aromatic heterocycles. The van der Waals surface area contributed by atoms with Gasteiger partial charge in [-0.1, -0.05) is 26.8 Å². The summed E-state index contributed by atoms with van der Waals surface area (Å²) < 4.78 is 0. The lowest BCUT2D eigenvalue weighted by Gasteiger charge is -2.23. The number of hydrogen-bond acceptors (Lipinski definition) is 5. The average Bonchev–Trinajstić information content (AvgIpc) is 2.94. The van der Waals surface area contributed by atoms with E-state index in [1.807, 2.05) is 6.92 Å². The molecule has 114 valence electrons. The summed E-state index contributed by atoms with van der Waals surface area (Å²) >= 11 is 1.77. The molecule has 0 aliphatic rings. The van der Waals surface area contributed by atoms with Crippen LogP contribution < -0.4 is 11.1 Å². The lowest BCUT2D eigenvalue weighted by Crippen LogP contribution is -2.18. The number of hydrogen-bond donors (Lipinski definition) is 2. The molecule has 0 bridgehead atoms. The van der Waals surface area contributed by atoms with Crippen LogP contribution in [0.3, 0.4) is 0 Å². The minimum absolute atomic E-state index is 0.243. The molecule has 1 unspecified atom stereocenters. The summed E-state index contributed by atoms with van der Waals surface area (Å²) in [4.78, 5) is 10.3. The summed E-state index contributed by atoms with van der Waals surface area (Å²) in [6.07, 6.45) is 1.87. The summed E-state index contributed by atoms with van der Waals surface area (Å²) in [5, 5.41) is 5.68. The van der Waals surface area contributed by atoms with Crippen molar-refractivity contribution >= 4 is 23.0 Å². The maximum absolute atomic E-state index is 6.03. The summed E-state index contributed by atoms with van der Waals surface area (Å²) in [7, 11) is 0. The zero-order valence-corrected chi connectivity index (χ0v) is 14.0. The molecule has 2 aromatic rings. The summed E-state index contributed by atoms with van der Waals surface area (Å²) in [5.41, 5.74) is 6.96. The van der Waals surface area contributed by atoms with Crippen LogP contribution in [0.25, 0.3) is 0 Å². The largest absolute Gasteiger partial charge is 0.383 e. The van der Waals surface area contributed by atoms with Gasteiger partial charge in [-0.05, 0) is 30.7 Å². The molecule has 1 atom stereocenters. The monoisotopic (exact) mass is 304 g/mol. The number of thiophene rings is 1. The summed E-state index contributed by atoms with van der Waals surface area (Å²) in [5.74, 6) is 2.72. The van der Waals surface area contributed by atoms with Gasteiger partial charge in [0.2, 0.25) is 0 Å². The van der Waals surface area contributed by atoms with Crippen LogP contribution in [0.4, 0.5) is 11.6 Å². The lowest BCUT2D eigenvalue weighted by molar-refractivity contribution is 0.551. The maximum Gasteiger partial charge on any atom is 0.135 e. The molecule has 0 saturated heterocycles. The molecular weight excluding hydrogens is 280 g/mol. The van der Waals surface area contributed by atoms with Crippen LogP contribution in [0.1, 0.15) is 49.5 Å². The highest BCUT2D eigenvalue weighted by Crippen LogP contribution is 2.31. The molecule has 2 heterocycles. The van der Waals surface area contributed by atoms with Gasteiger partial charge in [0, 0.05) is 16.9 Å². The lowest BCUT2D eigenvalue weighted by atomic mass is 10.0. The van der Waals surface area contributed by atoms with Gasteiger partial charge < -0.3 is 11.1 Å². The fraction of sp³-hybridized carbons (Fsp3) is 0.500. The van der Waals surface area contributed by atoms with Gasteiger partial charge in [-0.3, -0.25) is 0 Å². The van der Waals surface area contributed by atoms with E-state index in [9.17, 15) is 0 Å². The Kier molecular flexibility index (Phi) is 5.17. The second kappa shape index (κ2) is 6.89. The zero-order chi connectivity index (χ0) is 15.4. The number of rotatable bonds is 6. The number of aromatic nitrogens is 2. The van der Waals surface area contributed by atoms with Gasteiger partial charge in [0.05, 0.1) is 6.04 Å². The highest BCUT2D eigenvalue weighted by atomic mass is 32.1. The van der Waals surface area contributed by atoms with Gasteiger partial charge in [0.1, 0.15) is 17.5 Å². The molecular formula is C16H24N4S. The van der Waals surface area contributed by atoms with Gasteiger partial charge in [0.15, 0.2) is 0 Å². The molecule has 4 nitrogen and oxygen atoms in total. The number of aryl methyl sites for hydroxylation is 1. The molecule has 0 aliphatic carbocycles. The Labute approximate surface area is 130 Å². The van der Waals surface area contributed by atoms with E-state index in [2.05, 4.69) is 53.6 Å². The van der Waals surface area contributed by atoms with E-state index in [0.717, 1.165) is 30.0 Å². The van der Waals surface area contributed by atoms with E-state index in [1.165, 1.54) is 4.88 Å². The quantitative estimate of drug-likeness (QED) is 0.840. The van der Waals surface area contributed by atoms with E-state index >= 15 is 0 Å². The number of anilines is 2. The van der Waals surface area contributed by atoms with E-state index in [0.29, 0.717) is 11.7 Å². The Bertz CT molecular complexity index is 578. The second-order valence-corrected chi connectivity index (χ2v) is 6.61. The molecule has 0 saturated carbocycles. The minimum Gasteiger partial charge on any atom is -0.383 e. The zero-order valence-electron chi connectivity index (χ0n) is 13.2. The number of nitrogens with two attached hydrogens (primary N) is 1. The first-order chi connectivity index (χ1) is 10.0. The molecule has 0 radical (unpaired) electrons. The van der Waals surface area contributed by atoms with Crippen LogP contribution in [0.15, 0.2) is 17.5 Å². The van der Waals surface area contributed by atoms with Crippen molar-refractivity contribution in [3.05, 3.63) is 33.8 Å². The Morgan fingerprint density at radius 2 is 2.10 bits per heavy atom. The summed E-state index contributed by atoms with van der Waals surface area (Å²) in [6, 6.07) is 4.49. The van der Waals surface area contributed by atoms with Gasteiger partial charge in [-0.15, -0.1) is 11.3 Å². The van der Waals surface area contributed by atoms with Crippen LogP contribution in [0, 0.1) is 12.8 Å². The number of nitrogens with one attached hydrogen (secondary N) is 1. The number of nitrogens with zero attached hydrogens (tertiary/aromatic N) is 2. The highest BCUT2D eigenvalue weighted by molar-refractivity contribution is 7.10. The Morgan fingerprint density at radius 3 is 2.67 bits per heavy atom. The SMILES string of the molecule is CCCc1nc(N)c(C)c(NC(c2cccs2)C(C)C)n1. The van der Waals surface area contributed by atoms with Crippen LogP contribution in [0.5, 0.6) is 0 Å². The first kappa shape index (κ1) is 15.8. The minimum atomic E-state index is 0.243. The normalized spacial score (nSPS) is 12.6. The first-order valence-electron chi connectivity index (χ1n) is 7.45. The van der Waals surface area contributed by atoms with Crippen molar-refractivity contribution in [3.8, 4) is 0 Å². The van der Waals surface area contributed by atoms with Crippen LogP contribution in [-0.4, -0.2) is 9.97 Å². The Hall–Kier alpha value is -1.62. The fourth-order valence-corrected chi connectivity index (χ4v) is 3.19. The van der Waals surface area contributed by atoms with Gasteiger partial charge in [-0.25, -0.2) is 9.97 Å². The van der Waals surface area contributed by atoms with Crippen molar-refractivity contribution in [2.24, 2.45) is 5.92 Å². The molecule has 0 fully saturated rings. The summed E-state index contributed by atoms with van der Waals surface area (Å²) in [6.45, 7) is 8.52. The van der Waals surface area contributed by atoms with Gasteiger partial charge >= 0.3 is 0 Å². The Balaban J connectivity index is 2.32. The molecule has 2 rings (SSSR count). The van der Waals surface area contributed by atoms with Crippen molar-refractivity contribution in [2.45, 2.75) is 46.6 Å². The van der Waals surface area contributed by atoms with E-state index < -0.39 is 0 Å². The Morgan fingerprint density at radius 1 is 1.33 bits per heavy atom. The highest BCUT2D eigenvalue weighted by Gasteiger charge is 2.19. The van der Waals surface area contributed by atoms with Crippen LogP contribution in [-0.2, 0) is 6.42 Å². The van der Waals surface area contributed by atoms with Crippen LogP contribution in [0.2, 0.25) is 0 Å². The topological polar surface area (TPSA) is 63.8 Å². The average molecular weight is 304 g/mol. The molecule has 0 spiro atoms. The molecule has 0 aliphatic heterocycles. The molecule has 3 N–H and O–H groups in total. The second-order valence-electron chi connectivity index (χ2n) is 5.63. The van der Waals surface area contributed by atoms with Crippen molar-refractivity contribution in [1.82, 2.24) is 9.97 Å². The van der Waals surface area contributed by atoms with E-state index in [-0.39, 0.29) is 6.04 Å². The predicted molar refractivity (Wildman–Crippen MR) is 90.7 cm³/mol. The van der Waals surface area contributed by atoms with Crippen molar-refractivity contribution in [2.75, 3.05) is 11.1 Å². The molecule has 5 heteroatoms. The third-order valence-corrected chi connectivity index (χ3v) is 4.47. The predicted octanol–water partition coefficient (Wildman–Crippen LogP) is 4.19. The first-order valence-corrected chi connectivity index (χ1v) is 8.33. The van der Waals surface area contributed by atoms with E-state index in [1.54, 1.807) is 11.3 Å². The molecule has 0 amide bonds. The number of nitrogen functional groups attached to an aromatic ring is 1. The van der Waals surface area contributed by atoms with Crippen molar-refractivity contribution in [3.63, 3.8) is 0 Å². The fourth-order valence-electron chi connectivity index (χ4n) is 2.24. The van der Waals surface area contributed by atoms with Crippen molar-refractivity contribution in [1.29, 1.82) is 0 Å². The molecule has 21 heavy (non-hydrogen) atoms. The molecule has 0 aromatic carbocycles. The van der Waals surface area contributed by atoms with Crippen molar-refractivity contribution < 1.29 is 0 Å². The van der Waals surface area contributed by atoms with Gasteiger partial charge in [-0.2, -0.15) is 0 Å². The smallest absolute Gasteiger partial charge is 0.135 e. The van der Waals surface area contributed by atoms with Gasteiger partial charge in [0.25, 0.3) is 0 Å².